The van der Waals surface area contributed by atoms with Gasteiger partial charge in [-0.05, 0) is 12.1 Å². The number of aliphatic hydroxyl groups is 1. The van der Waals surface area contributed by atoms with Crippen molar-refractivity contribution in [1.82, 2.24) is 9.97 Å². The zero-order valence-electron chi connectivity index (χ0n) is 13.1. The van der Waals surface area contributed by atoms with Gasteiger partial charge >= 0.3 is 5.97 Å². The summed E-state index contributed by atoms with van der Waals surface area (Å²) >= 11 is 6.14. The third kappa shape index (κ3) is 5.00. The van der Waals surface area contributed by atoms with Gasteiger partial charge in [0.05, 0.1) is 41.3 Å². The average molecular weight is 362 g/mol. The molecule has 1 aromatic carbocycles. The molecule has 0 radical (unpaired) electrons. The van der Waals surface area contributed by atoms with E-state index >= 15 is 0 Å². The maximum Gasteiger partial charge on any atom is 0.335 e. The molecule has 130 valence electrons. The maximum absolute atomic E-state index is 10.9. The van der Waals surface area contributed by atoms with Gasteiger partial charge in [0.1, 0.15) is 0 Å². The number of nitrogens with two attached hydrogens (primary N) is 1. The van der Waals surface area contributed by atoms with Crippen molar-refractivity contribution < 1.29 is 15.0 Å². The molecule has 5 N–H and O–H groups in total. The number of hydrogen-bond donors (Lipinski definition) is 4. The molecular formula is C16H16ClN5O3. The number of carboxylic acid groups (broad SMARTS) is 1. The molecule has 0 aliphatic heterocycles. The number of aliphatic hydroxyl groups excluding tert-OH is 1. The minimum absolute atomic E-state index is 0.0672. The number of nitrogens with one attached hydrogen (secondary N) is 1. The zero-order valence-corrected chi connectivity index (χ0v) is 13.8. The Morgan fingerprint density at radius 2 is 2.08 bits per heavy atom. The fourth-order valence-corrected chi connectivity index (χ4v) is 2.07. The number of benzene rings is 1. The van der Waals surface area contributed by atoms with E-state index in [1.165, 1.54) is 30.7 Å². The molecule has 0 bridgehead atoms. The molecule has 0 aliphatic carbocycles. The molecule has 25 heavy (non-hydrogen) atoms. The minimum atomic E-state index is -1.01. The van der Waals surface area contributed by atoms with Gasteiger partial charge in [-0.15, -0.1) is 0 Å². The van der Waals surface area contributed by atoms with Gasteiger partial charge < -0.3 is 21.3 Å². The summed E-state index contributed by atoms with van der Waals surface area (Å²) in [7, 11) is 0. The van der Waals surface area contributed by atoms with Gasteiger partial charge in [0, 0.05) is 18.0 Å². The molecular weight excluding hydrogens is 346 g/mol. The molecule has 0 unspecified atom stereocenters. The Balaban J connectivity index is 2.26. The lowest BCUT2D eigenvalue weighted by atomic mass is 10.1. The third-order valence-electron chi connectivity index (χ3n) is 3.04. The van der Waals surface area contributed by atoms with Gasteiger partial charge in [0.15, 0.2) is 0 Å². The summed E-state index contributed by atoms with van der Waals surface area (Å²) in [6.07, 6.45) is 4.17. The maximum atomic E-state index is 10.9. The number of aliphatic imine (C=N–C) groups is 1. The van der Waals surface area contributed by atoms with Crippen LogP contribution in [-0.4, -0.2) is 45.5 Å². The fraction of sp³-hybridized carbons (Fsp3) is 0.125. The van der Waals surface area contributed by atoms with Crippen molar-refractivity contribution in [3.05, 3.63) is 52.9 Å². The van der Waals surface area contributed by atoms with Gasteiger partial charge in [-0.25, -0.2) is 14.8 Å². The Hall–Kier alpha value is -2.97. The standard InChI is InChI=1S/C16H16ClN5O3/c17-13-9-20-16(21-12(7-18)8-19-5-6-23)22-14(13)10-1-3-11(4-2-10)15(24)25/h1-4,7-9,23H,5-6,18H2,(H,24,25)(H,20,21,22)/b12-7+,19-8?. The Bertz CT molecular complexity index is 806. The fourth-order valence-electron chi connectivity index (χ4n) is 1.87. The van der Waals surface area contributed by atoms with Crippen LogP contribution in [0.25, 0.3) is 11.3 Å². The highest BCUT2D eigenvalue weighted by Gasteiger charge is 2.10. The summed E-state index contributed by atoms with van der Waals surface area (Å²) in [4.78, 5) is 23.3. The van der Waals surface area contributed by atoms with Gasteiger partial charge in [-0.2, -0.15) is 0 Å². The van der Waals surface area contributed by atoms with E-state index in [-0.39, 0.29) is 24.7 Å². The second kappa shape index (κ2) is 8.76. The predicted molar refractivity (Wildman–Crippen MR) is 95.8 cm³/mol. The van der Waals surface area contributed by atoms with Gasteiger partial charge in [0.25, 0.3) is 0 Å². The predicted octanol–water partition coefficient (Wildman–Crippen LogP) is 1.77. The number of aromatic carboxylic acids is 1. The quantitative estimate of drug-likeness (QED) is 0.552. The largest absolute Gasteiger partial charge is 0.478 e. The van der Waals surface area contributed by atoms with Crippen LogP contribution >= 0.6 is 11.6 Å². The van der Waals surface area contributed by atoms with E-state index in [1.54, 1.807) is 12.1 Å². The normalized spacial score (nSPS) is 11.7. The first-order valence-corrected chi connectivity index (χ1v) is 7.59. The monoisotopic (exact) mass is 361 g/mol. The van der Waals surface area contributed by atoms with Crippen LogP contribution in [0.1, 0.15) is 10.4 Å². The van der Waals surface area contributed by atoms with Crippen molar-refractivity contribution in [2.45, 2.75) is 0 Å². The number of allylic oxidation sites excluding steroid dienone is 1. The van der Waals surface area contributed by atoms with Crippen LogP contribution < -0.4 is 11.1 Å². The second-order valence-electron chi connectivity index (χ2n) is 4.78. The molecule has 1 heterocycles. The number of hydrogen-bond acceptors (Lipinski definition) is 7. The lowest BCUT2D eigenvalue weighted by molar-refractivity contribution is 0.0697. The Morgan fingerprint density at radius 3 is 2.68 bits per heavy atom. The van der Waals surface area contributed by atoms with Crippen molar-refractivity contribution in [2.24, 2.45) is 10.7 Å². The molecule has 1 aromatic heterocycles. The van der Waals surface area contributed by atoms with Crippen LogP contribution in [0.2, 0.25) is 5.02 Å². The molecule has 9 heteroatoms. The first-order chi connectivity index (χ1) is 12.0. The van der Waals surface area contributed by atoms with E-state index in [4.69, 9.17) is 27.5 Å². The van der Waals surface area contributed by atoms with Crippen LogP contribution in [0.3, 0.4) is 0 Å². The molecule has 0 saturated carbocycles. The van der Waals surface area contributed by atoms with Crippen LogP contribution in [-0.2, 0) is 0 Å². The van der Waals surface area contributed by atoms with Gasteiger partial charge in [0.2, 0.25) is 5.95 Å². The molecule has 2 rings (SSSR count). The molecule has 0 saturated heterocycles. The Labute approximate surface area is 148 Å². The molecule has 0 atom stereocenters. The first kappa shape index (κ1) is 18.4. The van der Waals surface area contributed by atoms with E-state index in [0.717, 1.165) is 0 Å². The molecule has 2 aromatic rings. The van der Waals surface area contributed by atoms with Crippen molar-refractivity contribution >= 4 is 29.7 Å². The number of halogens is 1. The lowest BCUT2D eigenvalue weighted by Gasteiger charge is -2.08. The molecule has 0 aliphatic rings. The summed E-state index contributed by atoms with van der Waals surface area (Å²) in [6.45, 7) is 0.184. The van der Waals surface area contributed by atoms with Gasteiger partial charge in [-0.3, -0.25) is 4.99 Å². The summed E-state index contributed by atoms with van der Waals surface area (Å²) in [6, 6.07) is 6.17. The number of anilines is 1. The van der Waals surface area contributed by atoms with Crippen LogP contribution in [0, 0.1) is 0 Å². The highest BCUT2D eigenvalue weighted by atomic mass is 35.5. The molecule has 0 fully saturated rings. The van der Waals surface area contributed by atoms with Gasteiger partial charge in [-0.1, -0.05) is 23.7 Å². The number of nitrogens with zero attached hydrogens (tertiary/aromatic N) is 3. The van der Waals surface area contributed by atoms with Crippen molar-refractivity contribution in [3.63, 3.8) is 0 Å². The van der Waals surface area contributed by atoms with E-state index in [0.29, 0.717) is 22.0 Å². The molecule has 0 spiro atoms. The number of carbonyl (C=O) groups is 1. The average Bonchev–Trinajstić information content (AvgIpc) is 2.62. The van der Waals surface area contributed by atoms with E-state index < -0.39 is 5.97 Å². The molecule has 8 nitrogen and oxygen atoms in total. The van der Waals surface area contributed by atoms with Crippen molar-refractivity contribution in [1.29, 1.82) is 0 Å². The van der Waals surface area contributed by atoms with Crippen LogP contribution in [0.4, 0.5) is 5.95 Å². The summed E-state index contributed by atoms with van der Waals surface area (Å²) < 4.78 is 0. The van der Waals surface area contributed by atoms with E-state index in [9.17, 15) is 4.79 Å². The molecule has 0 amide bonds. The van der Waals surface area contributed by atoms with E-state index in [2.05, 4.69) is 20.3 Å². The third-order valence-corrected chi connectivity index (χ3v) is 3.32. The first-order valence-electron chi connectivity index (χ1n) is 7.21. The lowest BCUT2D eigenvalue weighted by Crippen LogP contribution is -2.08. The highest BCUT2D eigenvalue weighted by molar-refractivity contribution is 6.32. The Kier molecular flexibility index (Phi) is 6.44. The summed E-state index contributed by atoms with van der Waals surface area (Å²) in [5.74, 6) is -0.767. The van der Waals surface area contributed by atoms with E-state index in [1.807, 2.05) is 0 Å². The Morgan fingerprint density at radius 1 is 1.36 bits per heavy atom. The van der Waals surface area contributed by atoms with Crippen molar-refractivity contribution in [2.75, 3.05) is 18.5 Å². The SMILES string of the molecule is N/C=C(\C=NCCO)Nc1ncc(Cl)c(-c2ccc(C(=O)O)cc2)n1. The topological polar surface area (TPSA) is 134 Å². The smallest absolute Gasteiger partial charge is 0.335 e. The number of carboxylic acids is 1. The van der Waals surface area contributed by atoms with Crippen LogP contribution in [0.15, 0.2) is 47.4 Å². The summed E-state index contributed by atoms with van der Waals surface area (Å²) in [5, 5.41) is 20.9. The zero-order chi connectivity index (χ0) is 18.2. The van der Waals surface area contributed by atoms with Crippen molar-refractivity contribution in [3.8, 4) is 11.3 Å². The van der Waals surface area contributed by atoms with Crippen LogP contribution in [0.5, 0.6) is 0 Å². The highest BCUT2D eigenvalue weighted by Crippen LogP contribution is 2.26. The summed E-state index contributed by atoms with van der Waals surface area (Å²) in [5.41, 5.74) is 7.22. The number of rotatable bonds is 7. The number of aromatic nitrogens is 2. The minimum Gasteiger partial charge on any atom is -0.478 e. The second-order valence-corrected chi connectivity index (χ2v) is 5.19.